The molecule has 1 atom stereocenters. The second kappa shape index (κ2) is 5.14. The second-order valence-corrected chi connectivity index (χ2v) is 4.98. The molecule has 0 amide bonds. The fourth-order valence-corrected chi connectivity index (χ4v) is 1.56. The quantitative estimate of drug-likeness (QED) is 0.784. The van der Waals surface area contributed by atoms with Gasteiger partial charge >= 0.3 is 0 Å². The lowest BCUT2D eigenvalue weighted by molar-refractivity contribution is 0.664. The topological polar surface area (TPSA) is 29.1 Å². The average molecular weight is 197 g/mol. The van der Waals surface area contributed by atoms with E-state index in [-0.39, 0.29) is 5.25 Å². The molecule has 0 aliphatic carbocycles. The minimum absolute atomic E-state index is 0.170. The van der Waals surface area contributed by atoms with Crippen molar-refractivity contribution >= 4 is 11.0 Å². The molecule has 1 aromatic rings. The van der Waals surface area contributed by atoms with E-state index in [4.69, 9.17) is 0 Å². The Bertz CT molecular complexity index is 272. The predicted molar refractivity (Wildman–Crippen MR) is 56.6 cm³/mol. The highest BCUT2D eigenvalue weighted by atomic mass is 32.2. The maximum absolute atomic E-state index is 11.3. The fourth-order valence-electron chi connectivity index (χ4n) is 0.917. The molecule has 0 fully saturated rings. The van der Waals surface area contributed by atoms with Crippen molar-refractivity contribution in [3.05, 3.63) is 35.9 Å². The van der Waals surface area contributed by atoms with E-state index in [1.165, 1.54) is 0 Å². The summed E-state index contributed by atoms with van der Waals surface area (Å²) in [6.45, 7) is 4.55. The van der Waals surface area contributed by atoms with Crippen LogP contribution >= 0.6 is 0 Å². The van der Waals surface area contributed by atoms with Crippen molar-refractivity contribution in [3.63, 3.8) is 0 Å². The van der Waals surface area contributed by atoms with Crippen LogP contribution in [0.5, 0.6) is 0 Å². The van der Waals surface area contributed by atoms with E-state index in [0.29, 0.717) is 6.54 Å². The summed E-state index contributed by atoms with van der Waals surface area (Å²) in [7, 11) is -0.922. The summed E-state index contributed by atoms with van der Waals surface area (Å²) in [5.41, 5.74) is 1.16. The molecule has 13 heavy (non-hydrogen) atoms. The van der Waals surface area contributed by atoms with Gasteiger partial charge in [0, 0.05) is 11.8 Å². The number of nitrogens with one attached hydrogen (secondary N) is 1. The molecule has 0 aromatic heterocycles. The molecular formula is C10H15NOS. The summed E-state index contributed by atoms with van der Waals surface area (Å²) >= 11 is 0. The van der Waals surface area contributed by atoms with Crippen LogP contribution in [0.2, 0.25) is 0 Å². The molecule has 3 heteroatoms. The smallest absolute Gasteiger partial charge is 0.0944 e. The van der Waals surface area contributed by atoms with Gasteiger partial charge in [0.05, 0.1) is 11.0 Å². The summed E-state index contributed by atoms with van der Waals surface area (Å²) in [5, 5.41) is 0.170. The Balaban J connectivity index is 2.40. The van der Waals surface area contributed by atoms with Crippen LogP contribution in [0.15, 0.2) is 30.3 Å². The Morgan fingerprint density at radius 1 is 1.31 bits per heavy atom. The molecular weight excluding hydrogens is 182 g/mol. The van der Waals surface area contributed by atoms with Gasteiger partial charge in [-0.25, -0.2) is 8.93 Å². The summed E-state index contributed by atoms with van der Waals surface area (Å²) in [6.07, 6.45) is 0. The standard InChI is InChI=1S/C10H15NOS/c1-9(2)13(12)11-8-10-6-4-3-5-7-10/h3-7,9,11H,8H2,1-2H3/t13-/m0/s1. The highest BCUT2D eigenvalue weighted by Crippen LogP contribution is 1.98. The SMILES string of the molecule is CC(C)[S@](=O)NCc1ccccc1. The van der Waals surface area contributed by atoms with Gasteiger partial charge in [0.2, 0.25) is 0 Å². The number of hydrogen-bond donors (Lipinski definition) is 1. The van der Waals surface area contributed by atoms with Crippen molar-refractivity contribution in [1.29, 1.82) is 0 Å². The van der Waals surface area contributed by atoms with Crippen LogP contribution in [0.25, 0.3) is 0 Å². The van der Waals surface area contributed by atoms with Gasteiger partial charge in [-0.15, -0.1) is 0 Å². The third-order valence-electron chi connectivity index (χ3n) is 1.69. The Morgan fingerprint density at radius 3 is 2.46 bits per heavy atom. The lowest BCUT2D eigenvalue weighted by Gasteiger charge is -2.06. The van der Waals surface area contributed by atoms with Gasteiger partial charge in [0.15, 0.2) is 0 Å². The first kappa shape index (κ1) is 10.4. The largest absolute Gasteiger partial charge is 0.243 e. The number of hydrogen-bond acceptors (Lipinski definition) is 1. The van der Waals surface area contributed by atoms with E-state index in [1.807, 2.05) is 44.2 Å². The van der Waals surface area contributed by atoms with Crippen molar-refractivity contribution in [2.24, 2.45) is 0 Å². The van der Waals surface area contributed by atoms with E-state index in [0.717, 1.165) is 5.56 Å². The highest BCUT2D eigenvalue weighted by molar-refractivity contribution is 7.83. The number of rotatable bonds is 4. The maximum Gasteiger partial charge on any atom is 0.0944 e. The van der Waals surface area contributed by atoms with Crippen LogP contribution in [-0.2, 0) is 17.5 Å². The lowest BCUT2D eigenvalue weighted by atomic mass is 10.2. The van der Waals surface area contributed by atoms with Crippen LogP contribution in [0.1, 0.15) is 19.4 Å². The van der Waals surface area contributed by atoms with Crippen molar-refractivity contribution < 1.29 is 4.21 Å². The first-order chi connectivity index (χ1) is 6.20. The maximum atomic E-state index is 11.3. The van der Waals surface area contributed by atoms with Gasteiger partial charge in [-0.3, -0.25) is 0 Å². The molecule has 0 heterocycles. The zero-order valence-corrected chi connectivity index (χ0v) is 8.80. The summed E-state index contributed by atoms with van der Waals surface area (Å²) in [5.74, 6) is 0. The molecule has 0 aliphatic heterocycles. The van der Waals surface area contributed by atoms with Gasteiger partial charge in [-0.1, -0.05) is 30.3 Å². The second-order valence-electron chi connectivity index (χ2n) is 3.15. The van der Waals surface area contributed by atoms with Gasteiger partial charge in [-0.2, -0.15) is 0 Å². The van der Waals surface area contributed by atoms with Gasteiger partial charge < -0.3 is 0 Å². The molecule has 0 saturated carbocycles. The first-order valence-corrected chi connectivity index (χ1v) is 5.59. The van der Waals surface area contributed by atoms with Crippen LogP contribution in [0.4, 0.5) is 0 Å². The minimum atomic E-state index is -0.922. The third-order valence-corrected chi connectivity index (χ3v) is 2.97. The Morgan fingerprint density at radius 2 is 1.92 bits per heavy atom. The van der Waals surface area contributed by atoms with Crippen LogP contribution in [-0.4, -0.2) is 9.46 Å². The molecule has 2 nitrogen and oxygen atoms in total. The molecule has 0 radical (unpaired) electrons. The van der Waals surface area contributed by atoms with Crippen LogP contribution < -0.4 is 4.72 Å². The molecule has 0 bridgehead atoms. The molecule has 1 aromatic carbocycles. The van der Waals surface area contributed by atoms with Crippen molar-refractivity contribution in [1.82, 2.24) is 4.72 Å². The van der Waals surface area contributed by atoms with E-state index in [1.54, 1.807) is 0 Å². The normalized spacial score (nSPS) is 13.2. The summed E-state index contributed by atoms with van der Waals surface area (Å²) in [4.78, 5) is 0. The Kier molecular flexibility index (Phi) is 4.12. The number of benzene rings is 1. The third kappa shape index (κ3) is 3.70. The molecule has 0 unspecified atom stereocenters. The first-order valence-electron chi connectivity index (χ1n) is 4.38. The van der Waals surface area contributed by atoms with Gasteiger partial charge in [0.1, 0.15) is 0 Å². The molecule has 1 rings (SSSR count). The van der Waals surface area contributed by atoms with E-state index in [9.17, 15) is 4.21 Å². The fraction of sp³-hybridized carbons (Fsp3) is 0.400. The Hall–Kier alpha value is -0.670. The Labute approximate surface area is 82.0 Å². The van der Waals surface area contributed by atoms with Gasteiger partial charge in [0.25, 0.3) is 0 Å². The van der Waals surface area contributed by atoms with Crippen LogP contribution in [0.3, 0.4) is 0 Å². The zero-order valence-electron chi connectivity index (χ0n) is 7.99. The monoisotopic (exact) mass is 197 g/mol. The molecule has 72 valence electrons. The average Bonchev–Trinajstić information content (AvgIpc) is 2.15. The molecule has 1 N–H and O–H groups in total. The van der Waals surface area contributed by atoms with E-state index < -0.39 is 11.0 Å². The molecule has 0 saturated heterocycles. The zero-order chi connectivity index (χ0) is 9.68. The summed E-state index contributed by atoms with van der Waals surface area (Å²) in [6, 6.07) is 9.97. The minimum Gasteiger partial charge on any atom is -0.243 e. The van der Waals surface area contributed by atoms with E-state index in [2.05, 4.69) is 4.72 Å². The van der Waals surface area contributed by atoms with E-state index >= 15 is 0 Å². The predicted octanol–water partition coefficient (Wildman–Crippen LogP) is 1.85. The molecule has 0 aliphatic rings. The highest BCUT2D eigenvalue weighted by Gasteiger charge is 2.03. The lowest BCUT2D eigenvalue weighted by Crippen LogP contribution is -2.23. The van der Waals surface area contributed by atoms with Gasteiger partial charge in [-0.05, 0) is 19.4 Å². The molecule has 0 spiro atoms. The summed E-state index contributed by atoms with van der Waals surface area (Å²) < 4.78 is 14.3. The van der Waals surface area contributed by atoms with Crippen molar-refractivity contribution in [2.45, 2.75) is 25.6 Å². The van der Waals surface area contributed by atoms with Crippen molar-refractivity contribution in [3.8, 4) is 0 Å². The van der Waals surface area contributed by atoms with Crippen LogP contribution in [0, 0.1) is 0 Å². The van der Waals surface area contributed by atoms with Crippen molar-refractivity contribution in [2.75, 3.05) is 0 Å².